The number of nitrogens with zero attached hydrogens (tertiary/aromatic N) is 2. The topological polar surface area (TPSA) is 59.5 Å². The number of carbonyl (C=O) groups is 2. The molecule has 1 amide bonds. The molecule has 1 aliphatic rings. The standard InChI is InChI=1S/C13H12N2O3/c1-3-9-6-12(16)15(8-9)11-7-10(4-5-14-11)13(17)18-2/h1,4-5,7,9H,6,8H2,2H3. The molecular formula is C13H12N2O3. The van der Waals surface area contributed by atoms with Crippen molar-refractivity contribution in [1.82, 2.24) is 4.98 Å². The van der Waals surface area contributed by atoms with Crippen LogP contribution in [-0.2, 0) is 9.53 Å². The van der Waals surface area contributed by atoms with E-state index in [9.17, 15) is 9.59 Å². The van der Waals surface area contributed by atoms with Crippen molar-refractivity contribution in [2.24, 2.45) is 5.92 Å². The van der Waals surface area contributed by atoms with E-state index in [4.69, 9.17) is 6.42 Å². The highest BCUT2D eigenvalue weighted by Crippen LogP contribution is 2.23. The maximum atomic E-state index is 11.8. The first-order valence-electron chi connectivity index (χ1n) is 5.46. The number of hydrogen-bond acceptors (Lipinski definition) is 4. The molecule has 0 aliphatic carbocycles. The Kier molecular flexibility index (Phi) is 3.28. The van der Waals surface area contributed by atoms with E-state index >= 15 is 0 Å². The minimum absolute atomic E-state index is 0.0764. The van der Waals surface area contributed by atoms with Crippen molar-refractivity contribution in [3.05, 3.63) is 23.9 Å². The Labute approximate surface area is 105 Å². The van der Waals surface area contributed by atoms with Crippen LogP contribution in [0.15, 0.2) is 18.3 Å². The number of terminal acetylenes is 1. The highest BCUT2D eigenvalue weighted by atomic mass is 16.5. The van der Waals surface area contributed by atoms with Gasteiger partial charge in [-0.2, -0.15) is 0 Å². The molecule has 0 aromatic carbocycles. The monoisotopic (exact) mass is 244 g/mol. The van der Waals surface area contributed by atoms with Gasteiger partial charge in [-0.05, 0) is 12.1 Å². The summed E-state index contributed by atoms with van der Waals surface area (Å²) in [5, 5.41) is 0. The van der Waals surface area contributed by atoms with Crippen LogP contribution in [0.4, 0.5) is 5.82 Å². The van der Waals surface area contributed by atoms with Crippen molar-refractivity contribution < 1.29 is 14.3 Å². The number of esters is 1. The molecule has 1 fully saturated rings. The Morgan fingerprint density at radius 2 is 2.44 bits per heavy atom. The van der Waals surface area contributed by atoms with Gasteiger partial charge in [0.15, 0.2) is 0 Å². The van der Waals surface area contributed by atoms with Crippen LogP contribution in [0.25, 0.3) is 0 Å². The number of rotatable bonds is 2. The molecule has 0 N–H and O–H groups in total. The number of amides is 1. The number of anilines is 1. The summed E-state index contributed by atoms with van der Waals surface area (Å²) in [4.78, 5) is 28.7. The quantitative estimate of drug-likeness (QED) is 0.571. The lowest BCUT2D eigenvalue weighted by Gasteiger charge is -2.15. The molecule has 0 bridgehead atoms. The summed E-state index contributed by atoms with van der Waals surface area (Å²) in [6, 6.07) is 3.07. The van der Waals surface area contributed by atoms with Gasteiger partial charge in [-0.3, -0.25) is 9.69 Å². The number of hydrogen-bond donors (Lipinski definition) is 0. The van der Waals surface area contributed by atoms with Crippen molar-refractivity contribution in [3.63, 3.8) is 0 Å². The molecule has 0 saturated carbocycles. The summed E-state index contributed by atoms with van der Waals surface area (Å²) in [6.07, 6.45) is 7.10. The van der Waals surface area contributed by atoms with Crippen molar-refractivity contribution in [1.29, 1.82) is 0 Å². The Balaban J connectivity index is 2.27. The minimum atomic E-state index is -0.459. The molecule has 18 heavy (non-hydrogen) atoms. The van der Waals surface area contributed by atoms with Crippen molar-refractivity contribution in [2.45, 2.75) is 6.42 Å². The second-order valence-electron chi connectivity index (χ2n) is 3.97. The number of aromatic nitrogens is 1. The van der Waals surface area contributed by atoms with Gasteiger partial charge in [-0.25, -0.2) is 9.78 Å². The maximum absolute atomic E-state index is 11.8. The minimum Gasteiger partial charge on any atom is -0.465 e. The molecule has 1 saturated heterocycles. The van der Waals surface area contributed by atoms with Crippen molar-refractivity contribution >= 4 is 17.7 Å². The van der Waals surface area contributed by atoms with Crippen LogP contribution >= 0.6 is 0 Å². The Morgan fingerprint density at radius 1 is 1.67 bits per heavy atom. The van der Waals surface area contributed by atoms with E-state index < -0.39 is 5.97 Å². The molecule has 0 radical (unpaired) electrons. The molecule has 0 spiro atoms. The normalized spacial score (nSPS) is 18.6. The summed E-state index contributed by atoms with van der Waals surface area (Å²) in [6.45, 7) is 0.437. The van der Waals surface area contributed by atoms with Crippen LogP contribution in [0.1, 0.15) is 16.8 Å². The third-order valence-electron chi connectivity index (χ3n) is 2.80. The fourth-order valence-electron chi connectivity index (χ4n) is 1.85. The fraction of sp³-hybridized carbons (Fsp3) is 0.308. The highest BCUT2D eigenvalue weighted by molar-refractivity contribution is 5.97. The molecule has 5 heteroatoms. The molecule has 1 atom stereocenters. The number of carbonyl (C=O) groups excluding carboxylic acids is 2. The average molecular weight is 244 g/mol. The van der Waals surface area contributed by atoms with Crippen LogP contribution < -0.4 is 4.90 Å². The zero-order chi connectivity index (χ0) is 13.1. The van der Waals surface area contributed by atoms with Gasteiger partial charge < -0.3 is 4.74 Å². The molecular weight excluding hydrogens is 232 g/mol. The van der Waals surface area contributed by atoms with Gasteiger partial charge in [0, 0.05) is 25.1 Å². The van der Waals surface area contributed by atoms with E-state index in [1.165, 1.54) is 30.3 Å². The first-order chi connectivity index (χ1) is 8.65. The summed E-state index contributed by atoms with van der Waals surface area (Å²) in [7, 11) is 1.30. The van der Waals surface area contributed by atoms with Gasteiger partial charge in [-0.15, -0.1) is 12.3 Å². The molecule has 2 rings (SSSR count). The molecule has 92 valence electrons. The SMILES string of the molecule is C#CC1CC(=O)N(c2cc(C(=O)OC)ccn2)C1. The van der Waals surface area contributed by atoms with Gasteiger partial charge in [0.1, 0.15) is 5.82 Å². The zero-order valence-corrected chi connectivity index (χ0v) is 9.92. The summed E-state index contributed by atoms with van der Waals surface area (Å²) in [5.74, 6) is 2.36. The predicted octanol–water partition coefficient (Wildman–Crippen LogP) is 0.854. The van der Waals surface area contributed by atoms with E-state index in [2.05, 4.69) is 15.6 Å². The predicted molar refractivity (Wildman–Crippen MR) is 64.9 cm³/mol. The molecule has 5 nitrogen and oxygen atoms in total. The lowest BCUT2D eigenvalue weighted by Crippen LogP contribution is -2.25. The second kappa shape index (κ2) is 4.88. The second-order valence-corrected chi connectivity index (χ2v) is 3.97. The Morgan fingerprint density at radius 3 is 3.06 bits per heavy atom. The van der Waals surface area contributed by atoms with Gasteiger partial charge in [-0.1, -0.05) is 0 Å². The first kappa shape index (κ1) is 12.1. The summed E-state index contributed by atoms with van der Waals surface area (Å²) in [5.41, 5.74) is 0.361. The summed E-state index contributed by atoms with van der Waals surface area (Å²) < 4.78 is 4.62. The Hall–Kier alpha value is -2.35. The van der Waals surface area contributed by atoms with Crippen LogP contribution in [0.2, 0.25) is 0 Å². The fourth-order valence-corrected chi connectivity index (χ4v) is 1.85. The largest absolute Gasteiger partial charge is 0.465 e. The lowest BCUT2D eigenvalue weighted by molar-refractivity contribution is -0.117. The first-order valence-corrected chi connectivity index (χ1v) is 5.46. The average Bonchev–Trinajstić information content (AvgIpc) is 2.79. The molecule has 1 aromatic heterocycles. The van der Waals surface area contributed by atoms with E-state index in [1.807, 2.05) is 0 Å². The van der Waals surface area contributed by atoms with Gasteiger partial charge in [0.05, 0.1) is 12.7 Å². The smallest absolute Gasteiger partial charge is 0.338 e. The number of ether oxygens (including phenoxy) is 1. The maximum Gasteiger partial charge on any atom is 0.338 e. The van der Waals surface area contributed by atoms with Crippen LogP contribution in [-0.4, -0.2) is 30.5 Å². The van der Waals surface area contributed by atoms with Gasteiger partial charge in [0.25, 0.3) is 0 Å². The van der Waals surface area contributed by atoms with E-state index in [-0.39, 0.29) is 11.8 Å². The Bertz CT molecular complexity index is 533. The molecule has 1 unspecified atom stereocenters. The molecule has 1 aliphatic heterocycles. The third-order valence-corrected chi connectivity index (χ3v) is 2.80. The molecule has 2 heterocycles. The zero-order valence-electron chi connectivity index (χ0n) is 9.92. The third kappa shape index (κ3) is 2.18. The van der Waals surface area contributed by atoms with E-state index in [0.717, 1.165) is 0 Å². The highest BCUT2D eigenvalue weighted by Gasteiger charge is 2.30. The van der Waals surface area contributed by atoms with Crippen molar-refractivity contribution in [3.8, 4) is 12.3 Å². The number of methoxy groups -OCH3 is 1. The van der Waals surface area contributed by atoms with E-state index in [1.54, 1.807) is 0 Å². The number of pyridine rings is 1. The molecule has 1 aromatic rings. The van der Waals surface area contributed by atoms with Crippen LogP contribution in [0.5, 0.6) is 0 Å². The van der Waals surface area contributed by atoms with Crippen LogP contribution in [0, 0.1) is 18.3 Å². The van der Waals surface area contributed by atoms with E-state index in [0.29, 0.717) is 24.3 Å². The van der Waals surface area contributed by atoms with Gasteiger partial charge >= 0.3 is 5.97 Å². The van der Waals surface area contributed by atoms with Gasteiger partial charge in [0.2, 0.25) is 5.91 Å². The van der Waals surface area contributed by atoms with Crippen molar-refractivity contribution in [2.75, 3.05) is 18.6 Å². The summed E-state index contributed by atoms with van der Waals surface area (Å²) >= 11 is 0. The lowest BCUT2D eigenvalue weighted by atomic mass is 10.1. The van der Waals surface area contributed by atoms with Crippen LogP contribution in [0.3, 0.4) is 0 Å².